The topological polar surface area (TPSA) is 51.5 Å². The normalized spacial score (nSPS) is 15.4. The molecule has 2 aromatic heterocycles. The van der Waals surface area contributed by atoms with E-state index in [-0.39, 0.29) is 11.9 Å². The first-order valence-electron chi connectivity index (χ1n) is 8.18. The summed E-state index contributed by atoms with van der Waals surface area (Å²) >= 11 is 0. The molecule has 0 spiro atoms. The van der Waals surface area contributed by atoms with Crippen LogP contribution in [0.15, 0.2) is 42.7 Å². The molecule has 124 valence electrons. The molecule has 2 heterocycles. The Kier molecular flexibility index (Phi) is 3.80. The van der Waals surface area contributed by atoms with Crippen molar-refractivity contribution in [3.63, 3.8) is 0 Å². The molecule has 3 aromatic rings. The Morgan fingerprint density at radius 2 is 2.21 bits per heavy atom. The van der Waals surface area contributed by atoms with Gasteiger partial charge < -0.3 is 10.1 Å². The summed E-state index contributed by atoms with van der Waals surface area (Å²) in [6.45, 7) is 2.67. The number of aromatic nitrogens is 3. The minimum atomic E-state index is -0.267. The molecule has 1 N–H and O–H groups in total. The van der Waals surface area contributed by atoms with Gasteiger partial charge in [-0.05, 0) is 49.9 Å². The minimum absolute atomic E-state index is 0.132. The predicted molar refractivity (Wildman–Crippen MR) is 89.6 cm³/mol. The van der Waals surface area contributed by atoms with Crippen molar-refractivity contribution in [2.75, 3.05) is 11.9 Å². The number of rotatable bonds is 6. The second kappa shape index (κ2) is 6.11. The van der Waals surface area contributed by atoms with Gasteiger partial charge in [0.05, 0.1) is 18.8 Å². The molecule has 6 heteroatoms. The molecule has 1 aliphatic carbocycles. The monoisotopic (exact) mass is 326 g/mol. The first kappa shape index (κ1) is 14.9. The summed E-state index contributed by atoms with van der Waals surface area (Å²) in [6, 6.07) is 8.22. The van der Waals surface area contributed by atoms with E-state index < -0.39 is 0 Å². The van der Waals surface area contributed by atoms with Crippen LogP contribution in [0, 0.1) is 11.7 Å². The Labute approximate surface area is 139 Å². The number of anilines is 1. The van der Waals surface area contributed by atoms with Crippen LogP contribution in [0.3, 0.4) is 0 Å². The second-order valence-corrected chi connectivity index (χ2v) is 6.25. The molecule has 4 rings (SSSR count). The molecule has 0 saturated heterocycles. The minimum Gasteiger partial charge on any atom is -0.493 e. The average Bonchev–Trinajstić information content (AvgIpc) is 3.29. The van der Waals surface area contributed by atoms with E-state index in [2.05, 4.69) is 15.4 Å². The molecule has 1 atom stereocenters. The maximum absolute atomic E-state index is 13.7. The van der Waals surface area contributed by atoms with Crippen molar-refractivity contribution < 1.29 is 9.13 Å². The van der Waals surface area contributed by atoms with E-state index in [0.29, 0.717) is 18.3 Å². The van der Waals surface area contributed by atoms with Gasteiger partial charge in [0, 0.05) is 17.8 Å². The number of halogens is 1. The summed E-state index contributed by atoms with van der Waals surface area (Å²) in [6.07, 6.45) is 5.98. The molecule has 5 nitrogen and oxygen atoms in total. The van der Waals surface area contributed by atoms with Gasteiger partial charge in [-0.2, -0.15) is 5.10 Å². The number of ether oxygens (including phenoxy) is 1. The van der Waals surface area contributed by atoms with Crippen molar-refractivity contribution in [3.05, 3.63) is 54.1 Å². The summed E-state index contributed by atoms with van der Waals surface area (Å²) in [7, 11) is 0. The molecule has 0 aliphatic heterocycles. The van der Waals surface area contributed by atoms with Crippen LogP contribution in [0.25, 0.3) is 5.65 Å². The lowest BCUT2D eigenvalue weighted by Gasteiger charge is -2.19. The molecule has 24 heavy (non-hydrogen) atoms. The Balaban J connectivity index is 1.55. The van der Waals surface area contributed by atoms with Gasteiger partial charge in [-0.1, -0.05) is 0 Å². The van der Waals surface area contributed by atoms with Crippen molar-refractivity contribution in [2.24, 2.45) is 5.92 Å². The SMILES string of the molecule is CC(Nc1ccn2nccc2n1)c1cc(F)ccc1OCC1CC1. The Morgan fingerprint density at radius 1 is 1.33 bits per heavy atom. The molecule has 0 radical (unpaired) electrons. The highest BCUT2D eigenvalue weighted by Gasteiger charge is 2.23. The number of benzene rings is 1. The first-order valence-corrected chi connectivity index (χ1v) is 8.18. The van der Waals surface area contributed by atoms with Crippen LogP contribution < -0.4 is 10.1 Å². The number of nitrogens with zero attached hydrogens (tertiary/aromatic N) is 3. The van der Waals surface area contributed by atoms with Crippen molar-refractivity contribution in [1.82, 2.24) is 14.6 Å². The number of fused-ring (bicyclic) bond motifs is 1. The highest BCUT2D eigenvalue weighted by molar-refractivity contribution is 5.48. The van der Waals surface area contributed by atoms with E-state index in [9.17, 15) is 4.39 Å². The van der Waals surface area contributed by atoms with Gasteiger partial charge in [-0.25, -0.2) is 13.9 Å². The molecule has 0 amide bonds. The van der Waals surface area contributed by atoms with Crippen molar-refractivity contribution in [2.45, 2.75) is 25.8 Å². The Bertz CT molecular complexity index is 859. The maximum Gasteiger partial charge on any atom is 0.157 e. The van der Waals surface area contributed by atoms with E-state index in [1.807, 2.05) is 25.3 Å². The quantitative estimate of drug-likeness (QED) is 0.748. The summed E-state index contributed by atoms with van der Waals surface area (Å²) in [5.41, 5.74) is 1.56. The lowest BCUT2D eigenvalue weighted by atomic mass is 10.1. The summed E-state index contributed by atoms with van der Waals surface area (Å²) in [5, 5.41) is 7.44. The molecule has 1 aromatic carbocycles. The fourth-order valence-corrected chi connectivity index (χ4v) is 2.67. The van der Waals surface area contributed by atoms with E-state index in [4.69, 9.17) is 4.74 Å². The van der Waals surface area contributed by atoms with Crippen LogP contribution in [0.1, 0.15) is 31.4 Å². The van der Waals surface area contributed by atoms with Gasteiger partial charge >= 0.3 is 0 Å². The van der Waals surface area contributed by atoms with Crippen LogP contribution in [0.5, 0.6) is 5.75 Å². The maximum atomic E-state index is 13.7. The number of nitrogens with one attached hydrogen (secondary N) is 1. The van der Waals surface area contributed by atoms with E-state index in [0.717, 1.165) is 17.0 Å². The first-order chi connectivity index (χ1) is 11.7. The lowest BCUT2D eigenvalue weighted by molar-refractivity contribution is 0.295. The van der Waals surface area contributed by atoms with Crippen molar-refractivity contribution in [1.29, 1.82) is 0 Å². The van der Waals surface area contributed by atoms with E-state index in [1.54, 1.807) is 16.8 Å². The Hall–Kier alpha value is -2.63. The average molecular weight is 326 g/mol. The smallest absolute Gasteiger partial charge is 0.157 e. The summed E-state index contributed by atoms with van der Waals surface area (Å²) < 4.78 is 21.3. The molecule has 0 bridgehead atoms. The number of hydrogen-bond donors (Lipinski definition) is 1. The standard InChI is InChI=1S/C18H19FN4O/c1-12(21-17-7-9-23-18(22-17)6-8-20-23)15-10-14(19)4-5-16(15)24-11-13-2-3-13/h4-10,12-13H,2-3,11H2,1H3,(H,21,22). The predicted octanol–water partition coefficient (Wildman–Crippen LogP) is 3.83. The van der Waals surface area contributed by atoms with E-state index in [1.165, 1.54) is 25.0 Å². The molecule has 1 fully saturated rings. The molecular weight excluding hydrogens is 307 g/mol. The van der Waals surface area contributed by atoms with Crippen LogP contribution >= 0.6 is 0 Å². The molecule has 1 unspecified atom stereocenters. The third kappa shape index (κ3) is 3.18. The Morgan fingerprint density at radius 3 is 3.04 bits per heavy atom. The fourth-order valence-electron chi connectivity index (χ4n) is 2.67. The van der Waals surface area contributed by atoms with Gasteiger partial charge in [0.1, 0.15) is 17.4 Å². The zero-order chi connectivity index (χ0) is 16.5. The fraction of sp³-hybridized carbons (Fsp3) is 0.333. The largest absolute Gasteiger partial charge is 0.493 e. The summed E-state index contributed by atoms with van der Waals surface area (Å²) in [5.74, 6) is 1.83. The van der Waals surface area contributed by atoms with Gasteiger partial charge in [0.25, 0.3) is 0 Å². The summed E-state index contributed by atoms with van der Waals surface area (Å²) in [4.78, 5) is 4.49. The van der Waals surface area contributed by atoms with Crippen LogP contribution in [0.4, 0.5) is 10.2 Å². The van der Waals surface area contributed by atoms with Gasteiger partial charge in [0.2, 0.25) is 0 Å². The lowest BCUT2D eigenvalue weighted by Crippen LogP contribution is -2.11. The third-order valence-electron chi connectivity index (χ3n) is 4.23. The number of hydrogen-bond acceptors (Lipinski definition) is 4. The van der Waals surface area contributed by atoms with Gasteiger partial charge in [-0.3, -0.25) is 0 Å². The van der Waals surface area contributed by atoms with Crippen molar-refractivity contribution in [3.8, 4) is 5.75 Å². The third-order valence-corrected chi connectivity index (χ3v) is 4.23. The second-order valence-electron chi connectivity index (χ2n) is 6.25. The zero-order valence-corrected chi connectivity index (χ0v) is 13.4. The highest BCUT2D eigenvalue weighted by Crippen LogP contribution is 2.33. The van der Waals surface area contributed by atoms with Crippen molar-refractivity contribution >= 4 is 11.5 Å². The van der Waals surface area contributed by atoms with E-state index >= 15 is 0 Å². The van der Waals surface area contributed by atoms with Gasteiger partial charge in [0.15, 0.2) is 5.65 Å². The van der Waals surface area contributed by atoms with Gasteiger partial charge in [-0.15, -0.1) is 0 Å². The molecular formula is C18H19FN4O. The molecule has 1 saturated carbocycles. The van der Waals surface area contributed by atoms with Crippen LogP contribution in [-0.2, 0) is 0 Å². The molecule has 1 aliphatic rings. The van der Waals surface area contributed by atoms with Crippen LogP contribution in [-0.4, -0.2) is 21.2 Å². The highest BCUT2D eigenvalue weighted by atomic mass is 19.1. The zero-order valence-electron chi connectivity index (χ0n) is 13.4. The van der Waals surface area contributed by atoms with Crippen LogP contribution in [0.2, 0.25) is 0 Å².